The molecule has 58 heavy (non-hydrogen) atoms. The lowest BCUT2D eigenvalue weighted by molar-refractivity contribution is -0.167. The van der Waals surface area contributed by atoms with Crippen molar-refractivity contribution in [1.82, 2.24) is 0 Å². The number of ether oxygens (including phenoxy) is 3. The Kier molecular flexibility index (Phi) is 43.1. The zero-order chi connectivity index (χ0) is 42.3. The van der Waals surface area contributed by atoms with Gasteiger partial charge in [-0.25, -0.2) is 0 Å². The van der Waals surface area contributed by atoms with Crippen LogP contribution < -0.4 is 0 Å². The first-order chi connectivity index (χ1) is 28.5. The molecule has 0 heterocycles. The topological polar surface area (TPSA) is 78.9 Å². The lowest BCUT2D eigenvalue weighted by Crippen LogP contribution is -2.30. The number of carbonyl (C=O) groups is 3. The zero-order valence-electron chi connectivity index (χ0n) is 37.3. The molecule has 6 nitrogen and oxygen atoms in total. The maximum absolute atomic E-state index is 12.7. The number of hydrogen-bond donors (Lipinski definition) is 0. The van der Waals surface area contributed by atoms with Crippen LogP contribution in [-0.4, -0.2) is 37.2 Å². The third kappa shape index (κ3) is 43.5. The fraction of sp³-hybridized carbons (Fsp3) is 0.635. The summed E-state index contributed by atoms with van der Waals surface area (Å²) in [5, 5.41) is 0. The highest BCUT2D eigenvalue weighted by Crippen LogP contribution is 2.13. The summed E-state index contributed by atoms with van der Waals surface area (Å²) in [6.45, 7) is 6.19. The molecular weight excluding hydrogens is 721 g/mol. The fourth-order valence-electron chi connectivity index (χ4n) is 5.97. The van der Waals surface area contributed by atoms with E-state index < -0.39 is 6.10 Å². The van der Waals surface area contributed by atoms with E-state index in [1.54, 1.807) is 0 Å². The highest BCUT2D eigenvalue weighted by molar-refractivity contribution is 5.71. The quantitative estimate of drug-likeness (QED) is 0.0202. The van der Waals surface area contributed by atoms with Gasteiger partial charge in [-0.1, -0.05) is 182 Å². The van der Waals surface area contributed by atoms with Crippen molar-refractivity contribution < 1.29 is 28.6 Å². The molecule has 328 valence electrons. The van der Waals surface area contributed by atoms with Crippen LogP contribution in [0.1, 0.15) is 194 Å². The number of carbonyl (C=O) groups excluding carboxylic acids is 3. The number of esters is 3. The Morgan fingerprint density at radius 3 is 1.22 bits per heavy atom. The highest BCUT2D eigenvalue weighted by atomic mass is 16.6. The van der Waals surface area contributed by atoms with Gasteiger partial charge in [0.25, 0.3) is 0 Å². The molecule has 0 aromatic carbocycles. The molecule has 0 fully saturated rings. The molecule has 6 heteroatoms. The van der Waals surface area contributed by atoms with E-state index in [9.17, 15) is 14.4 Å². The molecule has 0 aliphatic rings. The second-order valence-electron chi connectivity index (χ2n) is 14.9. The molecule has 0 aliphatic heterocycles. The summed E-state index contributed by atoms with van der Waals surface area (Å²) in [5.74, 6) is -0.990. The van der Waals surface area contributed by atoms with Crippen molar-refractivity contribution in [3.63, 3.8) is 0 Å². The Bertz CT molecular complexity index is 1200. The van der Waals surface area contributed by atoms with Crippen LogP contribution in [-0.2, 0) is 28.6 Å². The third-order valence-corrected chi connectivity index (χ3v) is 9.38. The minimum Gasteiger partial charge on any atom is -0.462 e. The second kappa shape index (κ2) is 46.0. The SMILES string of the molecule is CC\C=C/C=C\C=C/CCCCCCCCCC(=O)OCC(COC(=O)CCC/C=C\C/C=C\C/C=C\CC)OC(=O)CCCCCCCCC/C=C\C/C=C\CC. The third-order valence-electron chi connectivity index (χ3n) is 9.38. The Morgan fingerprint density at radius 2 is 0.724 bits per heavy atom. The van der Waals surface area contributed by atoms with E-state index in [4.69, 9.17) is 14.2 Å². The minimum atomic E-state index is -0.806. The summed E-state index contributed by atoms with van der Waals surface area (Å²) in [7, 11) is 0. The van der Waals surface area contributed by atoms with E-state index in [-0.39, 0.29) is 37.5 Å². The molecular formula is C52H84O6. The monoisotopic (exact) mass is 805 g/mol. The Balaban J connectivity index is 4.47. The van der Waals surface area contributed by atoms with Gasteiger partial charge in [0.1, 0.15) is 13.2 Å². The predicted octanol–water partition coefficient (Wildman–Crippen LogP) is 15.0. The van der Waals surface area contributed by atoms with Crippen molar-refractivity contribution in [2.24, 2.45) is 0 Å². The van der Waals surface area contributed by atoms with Gasteiger partial charge in [-0.3, -0.25) is 14.4 Å². The molecule has 0 saturated carbocycles. The van der Waals surface area contributed by atoms with Gasteiger partial charge >= 0.3 is 17.9 Å². The summed E-state index contributed by atoms with van der Waals surface area (Å²) < 4.78 is 16.7. The first-order valence-corrected chi connectivity index (χ1v) is 23.3. The molecule has 0 aliphatic carbocycles. The van der Waals surface area contributed by atoms with Gasteiger partial charge < -0.3 is 14.2 Å². The average Bonchev–Trinajstić information content (AvgIpc) is 3.22. The molecule has 0 bridgehead atoms. The summed E-state index contributed by atoms with van der Waals surface area (Å²) in [4.78, 5) is 37.8. The number of hydrogen-bond acceptors (Lipinski definition) is 6. The van der Waals surface area contributed by atoms with Gasteiger partial charge in [0, 0.05) is 19.3 Å². The molecule has 0 radical (unpaired) electrons. The summed E-state index contributed by atoms with van der Waals surface area (Å²) in [6.07, 6.45) is 59.7. The van der Waals surface area contributed by atoms with Gasteiger partial charge in [-0.05, 0) is 89.9 Å². The largest absolute Gasteiger partial charge is 0.462 e. The molecule has 0 spiro atoms. The fourth-order valence-corrected chi connectivity index (χ4v) is 5.97. The summed E-state index contributed by atoms with van der Waals surface area (Å²) >= 11 is 0. The van der Waals surface area contributed by atoms with Crippen LogP contribution in [0.25, 0.3) is 0 Å². The Morgan fingerprint density at radius 1 is 0.362 bits per heavy atom. The summed E-state index contributed by atoms with van der Waals surface area (Å²) in [6, 6.07) is 0. The van der Waals surface area contributed by atoms with Crippen molar-refractivity contribution in [3.05, 3.63) is 97.2 Å². The Labute approximate surface area is 356 Å². The van der Waals surface area contributed by atoms with Gasteiger partial charge in [0.2, 0.25) is 0 Å². The minimum absolute atomic E-state index is 0.105. The van der Waals surface area contributed by atoms with Crippen LogP contribution in [0.2, 0.25) is 0 Å². The molecule has 0 saturated heterocycles. The molecule has 1 atom stereocenters. The summed E-state index contributed by atoms with van der Waals surface area (Å²) in [5.41, 5.74) is 0. The molecule has 0 N–H and O–H groups in total. The smallest absolute Gasteiger partial charge is 0.306 e. The van der Waals surface area contributed by atoms with E-state index in [1.165, 1.54) is 51.4 Å². The maximum Gasteiger partial charge on any atom is 0.306 e. The van der Waals surface area contributed by atoms with E-state index in [0.717, 1.165) is 96.3 Å². The highest BCUT2D eigenvalue weighted by Gasteiger charge is 2.19. The van der Waals surface area contributed by atoms with Crippen molar-refractivity contribution in [1.29, 1.82) is 0 Å². The van der Waals surface area contributed by atoms with Crippen LogP contribution in [0.5, 0.6) is 0 Å². The van der Waals surface area contributed by atoms with Crippen LogP contribution in [0.3, 0.4) is 0 Å². The molecule has 0 aromatic rings. The van der Waals surface area contributed by atoms with E-state index in [1.807, 2.05) is 0 Å². The molecule has 0 rings (SSSR count). The lowest BCUT2D eigenvalue weighted by atomic mass is 10.1. The van der Waals surface area contributed by atoms with Gasteiger partial charge in [-0.2, -0.15) is 0 Å². The predicted molar refractivity (Wildman–Crippen MR) is 247 cm³/mol. The van der Waals surface area contributed by atoms with E-state index in [0.29, 0.717) is 19.3 Å². The van der Waals surface area contributed by atoms with Crippen LogP contribution in [0, 0.1) is 0 Å². The molecule has 0 aromatic heterocycles. The van der Waals surface area contributed by atoms with Crippen LogP contribution in [0.15, 0.2) is 97.2 Å². The van der Waals surface area contributed by atoms with E-state index >= 15 is 0 Å². The zero-order valence-corrected chi connectivity index (χ0v) is 37.3. The average molecular weight is 805 g/mol. The first kappa shape index (κ1) is 54.3. The Hall–Kier alpha value is -3.67. The number of unbranched alkanes of at least 4 members (excludes halogenated alkanes) is 15. The number of rotatable bonds is 40. The normalized spacial score (nSPS) is 12.9. The van der Waals surface area contributed by atoms with Gasteiger partial charge in [0.05, 0.1) is 0 Å². The lowest BCUT2D eigenvalue weighted by Gasteiger charge is -2.18. The molecule has 0 amide bonds. The van der Waals surface area contributed by atoms with Crippen molar-refractivity contribution >= 4 is 17.9 Å². The van der Waals surface area contributed by atoms with Gasteiger partial charge in [0.15, 0.2) is 6.10 Å². The number of allylic oxidation sites excluding steroid dienone is 16. The maximum atomic E-state index is 12.7. The first-order valence-electron chi connectivity index (χ1n) is 23.3. The van der Waals surface area contributed by atoms with Crippen molar-refractivity contribution in [2.75, 3.05) is 13.2 Å². The van der Waals surface area contributed by atoms with Gasteiger partial charge in [-0.15, -0.1) is 0 Å². The molecule has 1 unspecified atom stereocenters. The van der Waals surface area contributed by atoms with Crippen molar-refractivity contribution in [3.8, 4) is 0 Å². The van der Waals surface area contributed by atoms with Crippen LogP contribution >= 0.6 is 0 Å². The van der Waals surface area contributed by atoms with Crippen molar-refractivity contribution in [2.45, 2.75) is 200 Å². The van der Waals surface area contributed by atoms with Crippen LogP contribution in [0.4, 0.5) is 0 Å². The second-order valence-corrected chi connectivity index (χ2v) is 14.9. The standard InChI is InChI=1S/C52H84O6/c1-4-7-10-13-16-19-22-24-26-28-30-33-36-39-42-45-51(54)57-48-49(47-56-50(53)44-41-38-35-32-29-21-18-15-12-9-6-3)58-52(55)46-43-40-37-34-31-27-25-23-20-17-14-11-8-5-2/h7-13,16-22,32,35,49H,4-6,14-15,23-31,33-34,36-48H2,1-3H3/b10-7-,11-8-,12-9-,16-13-,20-17-,21-18-,22-19-,35-32-. The van der Waals surface area contributed by atoms with E-state index in [2.05, 4.69) is 118 Å².